The lowest BCUT2D eigenvalue weighted by Gasteiger charge is -2.27. The summed E-state index contributed by atoms with van der Waals surface area (Å²) in [6, 6.07) is 0. The minimum Gasteiger partial charge on any atom is -0.753 e. The molecule has 0 aromatic heterocycles. The average Bonchev–Trinajstić information content (AvgIpc) is 2.57. The van der Waals surface area contributed by atoms with Gasteiger partial charge in [0.1, 0.15) is 0 Å². The summed E-state index contributed by atoms with van der Waals surface area (Å²) < 4.78 is 0. The normalized spacial score (nSPS) is 20.1. The van der Waals surface area contributed by atoms with Crippen LogP contribution in [0.25, 0.3) is 5.41 Å². The summed E-state index contributed by atoms with van der Waals surface area (Å²) in [4.78, 5) is 1.89. The zero-order valence-electron chi connectivity index (χ0n) is 16.5. The number of likely N-dealkylation sites (tertiary alicyclic amines) is 1. The van der Waals surface area contributed by atoms with Crippen molar-refractivity contribution in [1.82, 2.24) is 0 Å². The van der Waals surface area contributed by atoms with Crippen LogP contribution < -0.4 is 4.90 Å². The third-order valence-corrected chi connectivity index (χ3v) is 5.25. The lowest BCUT2D eigenvalue weighted by Crippen LogP contribution is -3.13. The molecule has 142 valence electrons. The van der Waals surface area contributed by atoms with Crippen LogP contribution in [0, 0.1) is 5.92 Å². The third-order valence-electron chi connectivity index (χ3n) is 5.25. The standard InChI is InChI=1S/C20H41N.CNS/c1-3-4-5-6-7-8-9-10-11-12-13-14-17-21-18-15-16-20(2)19-21;2-1-3/h20H,3-19H2,1-2H3;/q;-1/p+1. The Bertz CT molecular complexity index is 288. The fourth-order valence-electron chi connectivity index (χ4n) is 3.84. The Hall–Kier alpha value is -0.240. The minimum absolute atomic E-state index is 0.978. The number of piperidine rings is 1. The molecule has 0 aromatic carbocycles. The molecular weight excluding hydrogens is 312 g/mol. The first-order valence-corrected chi connectivity index (χ1v) is 11.0. The molecule has 1 N–H and O–H groups in total. The van der Waals surface area contributed by atoms with Crippen molar-refractivity contribution >= 4 is 17.4 Å². The van der Waals surface area contributed by atoms with E-state index < -0.39 is 0 Å². The van der Waals surface area contributed by atoms with Gasteiger partial charge in [0, 0.05) is 5.92 Å². The third kappa shape index (κ3) is 16.6. The molecule has 2 atom stereocenters. The van der Waals surface area contributed by atoms with Crippen LogP contribution in [0.15, 0.2) is 0 Å². The van der Waals surface area contributed by atoms with Crippen LogP contribution in [-0.4, -0.2) is 24.8 Å². The molecule has 0 radical (unpaired) electrons. The SMILES string of the molecule is CCCCCCCCCCCCCC[NH+]1CCCC(C)C1.[N-]=C=S. The predicted octanol–water partition coefficient (Wildman–Crippen LogP) is 5.66. The summed E-state index contributed by atoms with van der Waals surface area (Å²) >= 11 is 3.70. The molecule has 2 nitrogen and oxygen atoms in total. The largest absolute Gasteiger partial charge is 0.753 e. The molecule has 0 saturated carbocycles. The van der Waals surface area contributed by atoms with Gasteiger partial charge in [0.25, 0.3) is 0 Å². The van der Waals surface area contributed by atoms with Gasteiger partial charge in [-0.05, 0) is 25.7 Å². The molecule has 3 heteroatoms. The maximum absolute atomic E-state index is 7.13. The first-order valence-electron chi connectivity index (χ1n) is 10.6. The molecular formula is C21H42N2S. The van der Waals surface area contributed by atoms with Gasteiger partial charge in [-0.2, -0.15) is 5.16 Å². The van der Waals surface area contributed by atoms with E-state index >= 15 is 0 Å². The molecule has 0 aromatic rings. The van der Waals surface area contributed by atoms with Gasteiger partial charge < -0.3 is 10.3 Å². The highest BCUT2D eigenvalue weighted by molar-refractivity contribution is 7.78. The summed E-state index contributed by atoms with van der Waals surface area (Å²) in [7, 11) is 0. The van der Waals surface area contributed by atoms with Gasteiger partial charge in [0.2, 0.25) is 0 Å². The predicted molar refractivity (Wildman–Crippen MR) is 111 cm³/mol. The zero-order chi connectivity index (χ0) is 17.9. The van der Waals surface area contributed by atoms with Crippen molar-refractivity contribution in [3.05, 3.63) is 5.41 Å². The van der Waals surface area contributed by atoms with Gasteiger partial charge in [0.15, 0.2) is 0 Å². The van der Waals surface area contributed by atoms with E-state index in [2.05, 4.69) is 26.1 Å². The summed E-state index contributed by atoms with van der Waals surface area (Å²) in [5, 5.41) is 8.47. The highest BCUT2D eigenvalue weighted by Gasteiger charge is 2.18. The smallest absolute Gasteiger partial charge is 0.0796 e. The second-order valence-electron chi connectivity index (χ2n) is 7.68. The van der Waals surface area contributed by atoms with Crippen molar-refractivity contribution in [2.24, 2.45) is 5.92 Å². The molecule has 1 aliphatic rings. The summed E-state index contributed by atoms with van der Waals surface area (Å²) in [6.07, 6.45) is 20.6. The van der Waals surface area contributed by atoms with E-state index in [-0.39, 0.29) is 0 Å². The first-order chi connectivity index (χ1) is 11.7. The Labute approximate surface area is 157 Å². The van der Waals surface area contributed by atoms with Crippen LogP contribution in [-0.2, 0) is 0 Å². The van der Waals surface area contributed by atoms with E-state index in [0.717, 1.165) is 5.92 Å². The number of quaternary nitrogens is 1. The first kappa shape index (κ1) is 23.8. The number of hydrogen-bond donors (Lipinski definition) is 1. The van der Waals surface area contributed by atoms with Gasteiger partial charge in [0.05, 0.1) is 19.6 Å². The Morgan fingerprint density at radius 1 is 0.917 bits per heavy atom. The highest BCUT2D eigenvalue weighted by atomic mass is 32.1. The number of isothiocyanates is 1. The quantitative estimate of drug-likeness (QED) is 0.258. The second kappa shape index (κ2) is 19.1. The van der Waals surface area contributed by atoms with Crippen molar-refractivity contribution in [2.75, 3.05) is 19.6 Å². The summed E-state index contributed by atoms with van der Waals surface area (Å²) in [6.45, 7) is 9.07. The number of nitrogens with zero attached hydrogens (tertiary/aromatic N) is 1. The van der Waals surface area contributed by atoms with Crippen molar-refractivity contribution < 1.29 is 4.90 Å². The van der Waals surface area contributed by atoms with E-state index in [1.807, 2.05) is 4.90 Å². The van der Waals surface area contributed by atoms with Crippen molar-refractivity contribution in [3.8, 4) is 0 Å². The van der Waals surface area contributed by atoms with Crippen LogP contribution in [0.3, 0.4) is 0 Å². The van der Waals surface area contributed by atoms with Gasteiger partial charge >= 0.3 is 0 Å². The van der Waals surface area contributed by atoms with Crippen molar-refractivity contribution in [3.63, 3.8) is 0 Å². The molecule has 24 heavy (non-hydrogen) atoms. The number of rotatable bonds is 13. The van der Waals surface area contributed by atoms with E-state index in [9.17, 15) is 0 Å². The average molecular weight is 355 g/mol. The van der Waals surface area contributed by atoms with E-state index in [0.29, 0.717) is 0 Å². The second-order valence-corrected chi connectivity index (χ2v) is 7.86. The fourth-order valence-corrected chi connectivity index (χ4v) is 3.84. The Balaban J connectivity index is 0.00000163. The van der Waals surface area contributed by atoms with Crippen LogP contribution in [0.4, 0.5) is 0 Å². The topological polar surface area (TPSA) is 26.7 Å². The maximum atomic E-state index is 7.13. The number of hydrogen-bond acceptors (Lipinski definition) is 1. The van der Waals surface area contributed by atoms with Crippen LogP contribution >= 0.6 is 12.2 Å². The van der Waals surface area contributed by atoms with Gasteiger partial charge in [-0.3, -0.25) is 0 Å². The Morgan fingerprint density at radius 2 is 1.38 bits per heavy atom. The van der Waals surface area contributed by atoms with Gasteiger partial charge in [-0.15, -0.1) is 0 Å². The van der Waals surface area contributed by atoms with E-state index in [1.165, 1.54) is 115 Å². The molecule has 1 fully saturated rings. The summed E-state index contributed by atoms with van der Waals surface area (Å²) in [5.41, 5.74) is 0. The van der Waals surface area contributed by atoms with Crippen LogP contribution in [0.1, 0.15) is 104 Å². The molecule has 1 saturated heterocycles. The molecule has 0 spiro atoms. The molecule has 0 amide bonds. The van der Waals surface area contributed by atoms with Crippen LogP contribution in [0.5, 0.6) is 0 Å². The Morgan fingerprint density at radius 3 is 1.83 bits per heavy atom. The lowest BCUT2D eigenvalue weighted by molar-refractivity contribution is -0.908. The minimum atomic E-state index is 0.978. The molecule has 2 unspecified atom stereocenters. The van der Waals surface area contributed by atoms with Gasteiger partial charge in [-0.1, -0.05) is 90.3 Å². The summed E-state index contributed by atoms with van der Waals surface area (Å²) in [5.74, 6) is 0.978. The molecule has 1 rings (SSSR count). The van der Waals surface area contributed by atoms with E-state index in [1.54, 1.807) is 0 Å². The maximum Gasteiger partial charge on any atom is 0.0796 e. The molecule has 0 aliphatic carbocycles. The van der Waals surface area contributed by atoms with E-state index in [4.69, 9.17) is 5.41 Å². The molecule has 0 bridgehead atoms. The zero-order valence-corrected chi connectivity index (χ0v) is 17.3. The van der Waals surface area contributed by atoms with Gasteiger partial charge in [-0.25, -0.2) is 0 Å². The van der Waals surface area contributed by atoms with Crippen LogP contribution in [0.2, 0.25) is 0 Å². The Kier molecular flexibility index (Phi) is 18.9. The van der Waals surface area contributed by atoms with Crippen molar-refractivity contribution in [2.45, 2.75) is 104 Å². The number of unbranched alkanes of at least 4 members (excludes halogenated alkanes) is 11. The van der Waals surface area contributed by atoms with Crippen molar-refractivity contribution in [1.29, 1.82) is 0 Å². The molecule has 1 heterocycles. The number of thiocarbonyl (C=S) groups is 1. The monoisotopic (exact) mass is 354 g/mol. The molecule has 1 aliphatic heterocycles. The lowest BCUT2D eigenvalue weighted by atomic mass is 10.00. The number of nitrogens with one attached hydrogen (secondary N) is 1. The fraction of sp³-hybridized carbons (Fsp3) is 0.952. The highest BCUT2D eigenvalue weighted by Crippen LogP contribution is 2.11.